The zero-order valence-electron chi connectivity index (χ0n) is 18.2. The van der Waals surface area contributed by atoms with Gasteiger partial charge in [-0.3, -0.25) is 9.59 Å². The molecule has 1 aliphatic carbocycles. The molecule has 2 atom stereocenters. The van der Waals surface area contributed by atoms with Gasteiger partial charge >= 0.3 is 0 Å². The first kappa shape index (κ1) is 26.4. The van der Waals surface area contributed by atoms with Crippen LogP contribution in [0.2, 0.25) is 10.0 Å². The summed E-state index contributed by atoms with van der Waals surface area (Å²) < 4.78 is 39.7. The summed E-state index contributed by atoms with van der Waals surface area (Å²) in [5.41, 5.74) is 5.25. The van der Waals surface area contributed by atoms with E-state index < -0.39 is 51.1 Å². The van der Waals surface area contributed by atoms with Crippen LogP contribution in [-0.2, 0) is 4.79 Å². The third-order valence-corrected chi connectivity index (χ3v) is 7.51. The van der Waals surface area contributed by atoms with Gasteiger partial charge in [0, 0.05) is 11.6 Å². The number of nitrogen functional groups attached to an aromatic ring is 1. The van der Waals surface area contributed by atoms with E-state index in [-0.39, 0.29) is 27.0 Å². The first-order valence-corrected chi connectivity index (χ1v) is 11.8. The van der Waals surface area contributed by atoms with E-state index in [0.717, 1.165) is 18.2 Å². The molecule has 0 bridgehead atoms. The fraction of sp³-hybridized carbons (Fsp3) is 0.167. The Kier molecular flexibility index (Phi) is 7.09. The minimum Gasteiger partial charge on any atom is -0.394 e. The number of amides is 2. The van der Waals surface area contributed by atoms with Crippen molar-refractivity contribution in [3.63, 3.8) is 0 Å². The van der Waals surface area contributed by atoms with Crippen LogP contribution >= 0.6 is 46.4 Å². The third-order valence-electron chi connectivity index (χ3n) is 5.78. The molecule has 0 aliphatic heterocycles. The van der Waals surface area contributed by atoms with Gasteiger partial charge in [-0.15, -0.1) is 23.2 Å². The van der Waals surface area contributed by atoms with E-state index >= 15 is 0 Å². The molecule has 188 valence electrons. The second-order valence-electron chi connectivity index (χ2n) is 8.22. The largest absolute Gasteiger partial charge is 0.394 e. The van der Waals surface area contributed by atoms with E-state index in [0.29, 0.717) is 11.1 Å². The molecule has 0 saturated heterocycles. The van der Waals surface area contributed by atoms with Gasteiger partial charge in [0.05, 0.1) is 27.2 Å². The Morgan fingerprint density at radius 3 is 2.31 bits per heavy atom. The van der Waals surface area contributed by atoms with Crippen molar-refractivity contribution >= 4 is 75.3 Å². The van der Waals surface area contributed by atoms with Crippen LogP contribution in [0.5, 0.6) is 0 Å². The van der Waals surface area contributed by atoms with Crippen LogP contribution in [0, 0.1) is 30.3 Å². The minimum absolute atomic E-state index is 0.0512. The highest BCUT2D eigenvalue weighted by molar-refractivity contribution is 6.53. The number of benzene rings is 3. The molecule has 1 fully saturated rings. The Balaban J connectivity index is 1.56. The number of carbonyl (C=O) groups is 2. The number of carbonyl (C=O) groups excluding carboxylic acids is 2. The fourth-order valence-corrected chi connectivity index (χ4v) is 5.07. The maximum Gasteiger partial charge on any atom is 0.257 e. The molecule has 12 heteroatoms. The lowest BCUT2D eigenvalue weighted by atomic mass is 10.1. The van der Waals surface area contributed by atoms with Crippen molar-refractivity contribution in [3.8, 4) is 0 Å². The maximum absolute atomic E-state index is 14.2. The molecule has 2 amide bonds. The van der Waals surface area contributed by atoms with E-state index in [1.165, 1.54) is 24.3 Å². The molecule has 0 aromatic heterocycles. The van der Waals surface area contributed by atoms with Crippen LogP contribution in [0.4, 0.5) is 30.2 Å². The summed E-state index contributed by atoms with van der Waals surface area (Å²) in [5.74, 6) is -5.66. The number of nitrogens with one attached hydrogen (secondary N) is 2. The Morgan fingerprint density at radius 1 is 0.972 bits per heavy atom. The molecule has 36 heavy (non-hydrogen) atoms. The van der Waals surface area contributed by atoms with Gasteiger partial charge in [-0.1, -0.05) is 29.3 Å². The van der Waals surface area contributed by atoms with E-state index in [9.17, 15) is 22.8 Å². The van der Waals surface area contributed by atoms with Gasteiger partial charge < -0.3 is 16.4 Å². The van der Waals surface area contributed by atoms with E-state index in [1.807, 2.05) is 0 Å². The second kappa shape index (κ2) is 9.67. The Hall–Kier alpha value is -2.65. The van der Waals surface area contributed by atoms with Crippen molar-refractivity contribution in [3.05, 3.63) is 86.7 Å². The summed E-state index contributed by atoms with van der Waals surface area (Å²) in [6.45, 7) is 1.60. The molecule has 4 N–H and O–H groups in total. The molecular formula is C24H16Cl4F3N3O2. The number of alkyl halides is 2. The molecule has 3 aromatic rings. The molecule has 0 spiro atoms. The molecule has 0 heterocycles. The number of hydrogen-bond acceptors (Lipinski definition) is 3. The van der Waals surface area contributed by atoms with Gasteiger partial charge in [0.2, 0.25) is 5.91 Å². The topological polar surface area (TPSA) is 84.2 Å². The summed E-state index contributed by atoms with van der Waals surface area (Å²) >= 11 is 24.8. The van der Waals surface area contributed by atoms with Crippen molar-refractivity contribution in [2.75, 3.05) is 16.4 Å². The average Bonchev–Trinajstić information content (AvgIpc) is 3.40. The standard InChI is InChI=1S/C24H16Cl4F3N3O2/c1-9-6-11(8-12(19(9)26)22(35)34-16-5-4-15(30)21(32)20(16)31)33-23(36)18-17(24(18,27)28)10-2-3-14(29)13(25)7-10/h2-8,17-18H,32H2,1H3,(H,33,36)(H,34,35)/t17-,18+/m0/s1. The minimum atomic E-state index is -1.47. The number of halogens is 7. The highest BCUT2D eigenvalue weighted by atomic mass is 35.5. The van der Waals surface area contributed by atoms with Crippen LogP contribution in [0.1, 0.15) is 27.4 Å². The monoisotopic (exact) mass is 575 g/mol. The van der Waals surface area contributed by atoms with Gasteiger partial charge in [-0.25, -0.2) is 13.2 Å². The number of nitrogens with two attached hydrogens (primary N) is 1. The smallest absolute Gasteiger partial charge is 0.257 e. The molecule has 4 rings (SSSR count). The van der Waals surface area contributed by atoms with Crippen molar-refractivity contribution in [2.45, 2.75) is 17.2 Å². The fourth-order valence-electron chi connectivity index (χ4n) is 3.86. The van der Waals surface area contributed by atoms with Gasteiger partial charge in [0.15, 0.2) is 5.82 Å². The molecule has 5 nitrogen and oxygen atoms in total. The van der Waals surface area contributed by atoms with E-state index in [1.54, 1.807) is 6.92 Å². The number of hydrogen-bond donors (Lipinski definition) is 3. The molecule has 1 aliphatic rings. The van der Waals surface area contributed by atoms with Gasteiger partial charge in [-0.2, -0.15) is 0 Å². The van der Waals surface area contributed by atoms with Crippen molar-refractivity contribution in [2.24, 2.45) is 5.92 Å². The number of rotatable bonds is 5. The maximum atomic E-state index is 14.2. The molecule has 1 saturated carbocycles. The lowest BCUT2D eigenvalue weighted by Gasteiger charge is -2.13. The first-order chi connectivity index (χ1) is 16.8. The zero-order valence-corrected chi connectivity index (χ0v) is 21.3. The zero-order chi connectivity index (χ0) is 26.5. The highest BCUT2D eigenvalue weighted by Crippen LogP contribution is 2.65. The van der Waals surface area contributed by atoms with Gasteiger partial charge in [0.1, 0.15) is 21.7 Å². The average molecular weight is 577 g/mol. The van der Waals surface area contributed by atoms with Crippen LogP contribution in [0.15, 0.2) is 42.5 Å². The molecule has 3 aromatic carbocycles. The number of aryl methyl sites for hydroxylation is 1. The third kappa shape index (κ3) is 4.83. The first-order valence-electron chi connectivity index (χ1n) is 10.3. The lowest BCUT2D eigenvalue weighted by Crippen LogP contribution is -2.19. The predicted molar refractivity (Wildman–Crippen MR) is 136 cm³/mol. The van der Waals surface area contributed by atoms with Crippen LogP contribution in [0.25, 0.3) is 0 Å². The van der Waals surface area contributed by atoms with Gasteiger partial charge in [-0.05, 0) is 54.4 Å². The SMILES string of the molecule is Cc1cc(NC(=O)[C@H]2[C@H](c3ccc(F)c(Cl)c3)C2(Cl)Cl)cc(C(=O)Nc2ccc(F)c(N)c2F)c1Cl. The van der Waals surface area contributed by atoms with Crippen LogP contribution in [-0.4, -0.2) is 16.1 Å². The molecule has 0 radical (unpaired) electrons. The summed E-state index contributed by atoms with van der Waals surface area (Å²) in [4.78, 5) is 25.8. The van der Waals surface area contributed by atoms with E-state index in [4.69, 9.17) is 52.1 Å². The number of anilines is 3. The molecule has 0 unspecified atom stereocenters. The normalized spacial score (nSPS) is 18.0. The van der Waals surface area contributed by atoms with Crippen molar-refractivity contribution in [1.29, 1.82) is 0 Å². The highest BCUT2D eigenvalue weighted by Gasteiger charge is 2.67. The van der Waals surface area contributed by atoms with Crippen LogP contribution in [0.3, 0.4) is 0 Å². The Labute approximate surface area is 223 Å². The van der Waals surface area contributed by atoms with Crippen molar-refractivity contribution in [1.82, 2.24) is 0 Å². The summed E-state index contributed by atoms with van der Waals surface area (Å²) in [7, 11) is 0. The summed E-state index contributed by atoms with van der Waals surface area (Å²) in [6, 6.07) is 8.66. The Morgan fingerprint density at radius 2 is 1.64 bits per heavy atom. The van der Waals surface area contributed by atoms with E-state index in [2.05, 4.69) is 10.6 Å². The predicted octanol–water partition coefficient (Wildman–Crippen LogP) is 7.08. The summed E-state index contributed by atoms with van der Waals surface area (Å²) in [5, 5.41) is 4.85. The second-order valence-corrected chi connectivity index (χ2v) is 10.5. The molecular weight excluding hydrogens is 561 g/mol. The van der Waals surface area contributed by atoms with Crippen LogP contribution < -0.4 is 16.4 Å². The lowest BCUT2D eigenvalue weighted by molar-refractivity contribution is -0.117. The quantitative estimate of drug-likeness (QED) is 0.224. The van der Waals surface area contributed by atoms with Crippen molar-refractivity contribution < 1.29 is 22.8 Å². The van der Waals surface area contributed by atoms with Gasteiger partial charge in [0.25, 0.3) is 5.91 Å². The summed E-state index contributed by atoms with van der Waals surface area (Å²) in [6.07, 6.45) is 0. The Bertz CT molecular complexity index is 1420.